The average molecular weight is 412 g/mol. The fraction of sp³-hybridized carbons (Fsp3) is 0.231. The molecule has 156 valence electrons. The number of benzene rings is 3. The first kappa shape index (κ1) is 19.4. The van der Waals surface area contributed by atoms with E-state index in [4.69, 9.17) is 9.72 Å². The number of hydrogen-bond acceptors (Lipinski definition) is 3. The maximum Gasteiger partial charge on any atom is 0.227 e. The number of para-hydroxylation sites is 2. The molecule has 5 nitrogen and oxygen atoms in total. The normalized spacial score (nSPS) is 16.3. The van der Waals surface area contributed by atoms with Crippen LogP contribution in [0.1, 0.15) is 29.3 Å². The molecule has 1 saturated heterocycles. The van der Waals surface area contributed by atoms with Crippen LogP contribution >= 0.6 is 0 Å². The van der Waals surface area contributed by atoms with E-state index in [9.17, 15) is 4.79 Å². The highest BCUT2D eigenvalue weighted by Crippen LogP contribution is 2.34. The number of methoxy groups -OCH3 is 1. The third kappa shape index (κ3) is 3.67. The number of aromatic nitrogens is 2. The van der Waals surface area contributed by atoms with Gasteiger partial charge in [0.2, 0.25) is 5.91 Å². The van der Waals surface area contributed by atoms with E-state index in [0.717, 1.165) is 34.8 Å². The molecule has 0 radical (unpaired) electrons. The lowest BCUT2D eigenvalue weighted by Crippen LogP contribution is -2.24. The summed E-state index contributed by atoms with van der Waals surface area (Å²) < 4.78 is 7.62. The summed E-state index contributed by atoms with van der Waals surface area (Å²) in [6.07, 6.45) is 0.453. The SMILES string of the molecule is COc1cccc(N2CC(c3nc4ccccc4n3Cc3cccc(C)c3)CC2=O)c1. The number of aryl methyl sites for hydroxylation is 1. The van der Waals surface area contributed by atoms with Gasteiger partial charge in [-0.3, -0.25) is 4.79 Å². The van der Waals surface area contributed by atoms with Gasteiger partial charge in [-0.05, 0) is 36.8 Å². The first-order valence-electron chi connectivity index (χ1n) is 10.6. The first-order valence-corrected chi connectivity index (χ1v) is 10.6. The van der Waals surface area contributed by atoms with Crippen LogP contribution in [-0.2, 0) is 11.3 Å². The largest absolute Gasteiger partial charge is 0.497 e. The molecule has 1 fully saturated rings. The molecule has 31 heavy (non-hydrogen) atoms. The van der Waals surface area contributed by atoms with E-state index in [2.05, 4.69) is 41.8 Å². The van der Waals surface area contributed by atoms with Gasteiger partial charge < -0.3 is 14.2 Å². The van der Waals surface area contributed by atoms with Gasteiger partial charge in [0, 0.05) is 37.2 Å². The lowest BCUT2D eigenvalue weighted by Gasteiger charge is -2.18. The number of carbonyl (C=O) groups excluding carboxylic acids is 1. The molecule has 0 bridgehead atoms. The van der Waals surface area contributed by atoms with Crippen molar-refractivity contribution in [1.82, 2.24) is 9.55 Å². The zero-order valence-electron chi connectivity index (χ0n) is 17.8. The van der Waals surface area contributed by atoms with Crippen molar-refractivity contribution in [3.63, 3.8) is 0 Å². The molecule has 2 heterocycles. The summed E-state index contributed by atoms with van der Waals surface area (Å²) >= 11 is 0. The van der Waals surface area contributed by atoms with Crippen LogP contribution in [0.5, 0.6) is 5.75 Å². The number of rotatable bonds is 5. The minimum atomic E-state index is 0.0379. The van der Waals surface area contributed by atoms with Crippen LogP contribution in [0.2, 0.25) is 0 Å². The second-order valence-corrected chi connectivity index (χ2v) is 8.14. The molecule has 0 saturated carbocycles. The van der Waals surface area contributed by atoms with E-state index in [1.165, 1.54) is 11.1 Å². The molecule has 1 unspecified atom stereocenters. The topological polar surface area (TPSA) is 47.4 Å². The number of amides is 1. The number of ether oxygens (including phenoxy) is 1. The van der Waals surface area contributed by atoms with Crippen LogP contribution in [0.4, 0.5) is 5.69 Å². The Morgan fingerprint density at radius 3 is 2.71 bits per heavy atom. The highest BCUT2D eigenvalue weighted by molar-refractivity contribution is 5.96. The standard InChI is InChI=1S/C26H25N3O2/c1-18-7-5-8-19(13-18)16-29-24-12-4-3-11-23(24)27-26(29)20-14-25(30)28(17-20)21-9-6-10-22(15-21)31-2/h3-13,15,20H,14,16-17H2,1-2H3. The Balaban J connectivity index is 1.52. The third-order valence-electron chi connectivity index (χ3n) is 5.96. The highest BCUT2D eigenvalue weighted by Gasteiger charge is 2.35. The number of fused-ring (bicyclic) bond motifs is 1. The van der Waals surface area contributed by atoms with Crippen molar-refractivity contribution in [3.05, 3.63) is 89.7 Å². The van der Waals surface area contributed by atoms with Crippen LogP contribution in [0, 0.1) is 6.92 Å². The second-order valence-electron chi connectivity index (χ2n) is 8.14. The minimum absolute atomic E-state index is 0.0379. The Morgan fingerprint density at radius 1 is 1.03 bits per heavy atom. The Kier molecular flexibility index (Phi) is 4.94. The van der Waals surface area contributed by atoms with Crippen LogP contribution in [-0.4, -0.2) is 29.1 Å². The van der Waals surface area contributed by atoms with Crippen molar-refractivity contribution < 1.29 is 9.53 Å². The summed E-state index contributed by atoms with van der Waals surface area (Å²) in [5, 5.41) is 0. The molecule has 5 rings (SSSR count). The summed E-state index contributed by atoms with van der Waals surface area (Å²) in [5.74, 6) is 1.88. The molecule has 1 amide bonds. The van der Waals surface area contributed by atoms with Gasteiger partial charge >= 0.3 is 0 Å². The molecule has 1 aliphatic heterocycles. The number of carbonyl (C=O) groups is 1. The van der Waals surface area contributed by atoms with Crippen molar-refractivity contribution in [2.24, 2.45) is 0 Å². The Labute approximate surface area is 181 Å². The van der Waals surface area contributed by atoms with Crippen molar-refractivity contribution in [3.8, 4) is 5.75 Å². The quantitative estimate of drug-likeness (QED) is 0.468. The number of hydrogen-bond donors (Lipinski definition) is 0. The van der Waals surface area contributed by atoms with Crippen LogP contribution in [0.15, 0.2) is 72.8 Å². The number of anilines is 1. The molecule has 5 heteroatoms. The monoisotopic (exact) mass is 411 g/mol. The lowest BCUT2D eigenvalue weighted by molar-refractivity contribution is -0.117. The van der Waals surface area contributed by atoms with Gasteiger partial charge in [-0.1, -0.05) is 48.0 Å². The Bertz CT molecular complexity index is 1260. The van der Waals surface area contributed by atoms with Gasteiger partial charge in [0.25, 0.3) is 0 Å². The van der Waals surface area contributed by atoms with Crippen molar-refractivity contribution >= 4 is 22.6 Å². The average Bonchev–Trinajstić information content (AvgIpc) is 3.34. The molecule has 0 spiro atoms. The van der Waals surface area contributed by atoms with Gasteiger partial charge in [-0.15, -0.1) is 0 Å². The molecule has 1 aliphatic rings. The Hall–Kier alpha value is -3.60. The Morgan fingerprint density at radius 2 is 1.87 bits per heavy atom. The summed E-state index contributed by atoms with van der Waals surface area (Å²) in [7, 11) is 1.64. The van der Waals surface area contributed by atoms with E-state index in [-0.39, 0.29) is 11.8 Å². The first-order chi connectivity index (χ1) is 15.1. The van der Waals surface area contributed by atoms with E-state index >= 15 is 0 Å². The van der Waals surface area contributed by atoms with Gasteiger partial charge in [0.1, 0.15) is 11.6 Å². The predicted octanol–water partition coefficient (Wildman–Crippen LogP) is 4.92. The summed E-state index contributed by atoms with van der Waals surface area (Å²) in [4.78, 5) is 19.8. The molecular weight excluding hydrogens is 386 g/mol. The van der Waals surface area contributed by atoms with E-state index in [1.54, 1.807) is 7.11 Å². The number of nitrogens with zero attached hydrogens (tertiary/aromatic N) is 3. The highest BCUT2D eigenvalue weighted by atomic mass is 16.5. The number of imidazole rings is 1. The summed E-state index contributed by atoms with van der Waals surface area (Å²) in [5.41, 5.74) is 5.42. The maximum atomic E-state index is 12.9. The fourth-order valence-electron chi connectivity index (χ4n) is 4.47. The van der Waals surface area contributed by atoms with Crippen molar-refractivity contribution in [2.45, 2.75) is 25.8 Å². The zero-order chi connectivity index (χ0) is 21.4. The summed E-state index contributed by atoms with van der Waals surface area (Å²) in [6, 6.07) is 24.4. The van der Waals surface area contributed by atoms with Crippen molar-refractivity contribution in [2.75, 3.05) is 18.6 Å². The molecule has 3 aromatic carbocycles. The van der Waals surface area contributed by atoms with E-state index in [1.807, 2.05) is 47.4 Å². The van der Waals surface area contributed by atoms with Gasteiger partial charge in [0.05, 0.1) is 18.1 Å². The molecule has 0 N–H and O–H groups in total. The molecule has 1 aromatic heterocycles. The molecule has 4 aromatic rings. The predicted molar refractivity (Wildman–Crippen MR) is 123 cm³/mol. The van der Waals surface area contributed by atoms with Crippen molar-refractivity contribution in [1.29, 1.82) is 0 Å². The smallest absolute Gasteiger partial charge is 0.227 e. The second kappa shape index (κ2) is 7.91. The molecule has 1 atom stereocenters. The minimum Gasteiger partial charge on any atom is -0.497 e. The molecule has 0 aliphatic carbocycles. The molecular formula is C26H25N3O2. The van der Waals surface area contributed by atoms with Gasteiger partial charge in [-0.25, -0.2) is 4.98 Å². The fourth-order valence-corrected chi connectivity index (χ4v) is 4.47. The summed E-state index contributed by atoms with van der Waals surface area (Å²) in [6.45, 7) is 3.46. The van der Waals surface area contributed by atoms with Crippen LogP contribution < -0.4 is 9.64 Å². The van der Waals surface area contributed by atoms with Crippen LogP contribution in [0.3, 0.4) is 0 Å². The van der Waals surface area contributed by atoms with Gasteiger partial charge in [-0.2, -0.15) is 0 Å². The van der Waals surface area contributed by atoms with E-state index in [0.29, 0.717) is 13.0 Å². The third-order valence-corrected chi connectivity index (χ3v) is 5.96. The lowest BCUT2D eigenvalue weighted by atomic mass is 10.1. The van der Waals surface area contributed by atoms with Gasteiger partial charge in [0.15, 0.2) is 0 Å². The zero-order valence-corrected chi connectivity index (χ0v) is 17.8. The maximum absolute atomic E-state index is 12.9. The van der Waals surface area contributed by atoms with Crippen LogP contribution in [0.25, 0.3) is 11.0 Å². The van der Waals surface area contributed by atoms with E-state index < -0.39 is 0 Å².